The van der Waals surface area contributed by atoms with Crippen LogP contribution < -0.4 is 4.46 Å². The Morgan fingerprint density at radius 3 is 2.44 bits per heavy atom. The first-order valence-corrected chi connectivity index (χ1v) is 13.6. The van der Waals surface area contributed by atoms with Crippen molar-refractivity contribution in [3.05, 3.63) is 30.3 Å². The molecule has 1 spiro atoms. The van der Waals surface area contributed by atoms with E-state index in [1.807, 2.05) is 6.07 Å². The van der Waals surface area contributed by atoms with Crippen molar-refractivity contribution in [1.29, 1.82) is 0 Å². The van der Waals surface area contributed by atoms with Gasteiger partial charge in [-0.2, -0.15) is 0 Å². The molecule has 1 aromatic rings. The third kappa shape index (κ3) is 3.71. The predicted molar refractivity (Wildman–Crippen MR) is 116 cm³/mol. The van der Waals surface area contributed by atoms with Crippen LogP contribution in [0.5, 0.6) is 0 Å². The molecule has 0 N–H and O–H groups in total. The Labute approximate surface area is 192 Å². The summed E-state index contributed by atoms with van der Waals surface area (Å²) in [6.07, 6.45) is 3.44. The van der Waals surface area contributed by atoms with E-state index in [0.717, 1.165) is 12.8 Å². The van der Waals surface area contributed by atoms with Gasteiger partial charge < -0.3 is 0 Å². The topological polar surface area (TPSA) is 96.0 Å². The van der Waals surface area contributed by atoms with Crippen LogP contribution in [0.15, 0.2) is 30.3 Å². The molecule has 3 aliphatic rings. The Kier molecular flexibility index (Phi) is 6.55. The van der Waals surface area contributed by atoms with Crippen LogP contribution in [0.1, 0.15) is 51.4 Å². The SMILES string of the molecule is COC(=O)O[C@H]1CC[C@@]23CCCC[C@H](C[C@@](C(=O)OC)([Se](=O)c4ccccc4)C[C@H]12)C3=O. The quantitative estimate of drug-likeness (QED) is 0.454. The molecule has 0 aliphatic heterocycles. The van der Waals surface area contributed by atoms with Crippen LogP contribution in [0.3, 0.4) is 0 Å². The molecular weight excluding hydrogens is 479 g/mol. The maximum atomic E-state index is 14.1. The van der Waals surface area contributed by atoms with Crippen molar-refractivity contribution in [3.63, 3.8) is 0 Å². The van der Waals surface area contributed by atoms with Gasteiger partial charge in [0.2, 0.25) is 0 Å². The summed E-state index contributed by atoms with van der Waals surface area (Å²) in [7, 11) is 2.56. The molecule has 7 nitrogen and oxygen atoms in total. The first kappa shape index (κ1) is 23.1. The van der Waals surface area contributed by atoms with Gasteiger partial charge in [-0.3, -0.25) is 0 Å². The maximum absolute atomic E-state index is 14.1. The van der Waals surface area contributed by atoms with E-state index in [1.165, 1.54) is 14.2 Å². The van der Waals surface area contributed by atoms with Crippen molar-refractivity contribution in [3.8, 4) is 0 Å². The number of benzene rings is 1. The second-order valence-corrected chi connectivity index (χ2v) is 13.0. The zero-order chi connectivity index (χ0) is 22.9. The number of ether oxygens (including phenoxy) is 3. The summed E-state index contributed by atoms with van der Waals surface area (Å²) >= 11 is -2.97. The third-order valence-electron chi connectivity index (χ3n) is 7.73. The average molecular weight is 509 g/mol. The minimum absolute atomic E-state index is 0.147. The monoisotopic (exact) mass is 510 g/mol. The standard InChI is InChI=1S/C24H30O7Se/c1-29-21(26)24(32(28)17-9-4-3-5-10-17)14-16-8-6-7-12-23(20(16)25)13-11-19(18(23)15-24)31-22(27)30-2/h3-5,9-10,16,18-19H,6-8,11-15H2,1-2H3/t16-,18-,19+,23+,24-,32?/m1/s1. The first-order chi connectivity index (χ1) is 15.4. The Morgan fingerprint density at radius 1 is 1.00 bits per heavy atom. The van der Waals surface area contributed by atoms with Crippen molar-refractivity contribution in [2.75, 3.05) is 14.2 Å². The van der Waals surface area contributed by atoms with Crippen molar-refractivity contribution >= 4 is 36.2 Å². The summed E-state index contributed by atoms with van der Waals surface area (Å²) in [4.78, 5) is 39.3. The Morgan fingerprint density at radius 2 is 1.75 bits per heavy atom. The van der Waals surface area contributed by atoms with Crippen molar-refractivity contribution in [2.45, 2.75) is 61.8 Å². The van der Waals surface area contributed by atoms with Gasteiger partial charge in [0.1, 0.15) is 0 Å². The normalized spacial score (nSPS) is 35.1. The van der Waals surface area contributed by atoms with Gasteiger partial charge in [0.25, 0.3) is 0 Å². The van der Waals surface area contributed by atoms with E-state index >= 15 is 0 Å². The molecular formula is C24H30O7Se. The van der Waals surface area contributed by atoms with Gasteiger partial charge in [-0.25, -0.2) is 0 Å². The number of esters is 1. The van der Waals surface area contributed by atoms with Crippen LogP contribution in [-0.4, -0.2) is 52.1 Å². The molecule has 8 heteroatoms. The van der Waals surface area contributed by atoms with Crippen LogP contribution in [0.4, 0.5) is 4.79 Å². The molecule has 32 heavy (non-hydrogen) atoms. The molecule has 3 fully saturated rings. The van der Waals surface area contributed by atoms with Crippen LogP contribution in [0.2, 0.25) is 4.31 Å². The molecule has 4 rings (SSSR count). The van der Waals surface area contributed by atoms with E-state index < -0.39 is 41.8 Å². The van der Waals surface area contributed by atoms with Crippen LogP contribution in [-0.2, 0) is 27.6 Å². The van der Waals surface area contributed by atoms with Gasteiger partial charge >= 0.3 is 192 Å². The number of fused-ring (bicyclic) bond motifs is 1. The molecule has 3 saturated carbocycles. The molecule has 0 aromatic heterocycles. The number of hydrogen-bond acceptors (Lipinski definition) is 7. The van der Waals surface area contributed by atoms with Crippen LogP contribution in [0, 0.1) is 17.3 Å². The number of Topliss-reactive ketones (excluding diaryl/α,β-unsaturated/α-hetero) is 1. The van der Waals surface area contributed by atoms with E-state index in [2.05, 4.69) is 0 Å². The van der Waals surface area contributed by atoms with Crippen LogP contribution in [0.25, 0.3) is 0 Å². The second-order valence-electron chi connectivity index (χ2n) is 9.19. The molecule has 3 aliphatic carbocycles. The fourth-order valence-corrected chi connectivity index (χ4v) is 9.99. The zero-order valence-electron chi connectivity index (χ0n) is 18.5. The molecule has 0 saturated heterocycles. The summed E-state index contributed by atoms with van der Waals surface area (Å²) < 4.78 is 29.0. The minimum atomic E-state index is -2.97. The van der Waals surface area contributed by atoms with E-state index in [1.54, 1.807) is 24.3 Å². The van der Waals surface area contributed by atoms with Crippen molar-refractivity contribution < 1.29 is 32.4 Å². The Bertz CT molecular complexity index is 916. The predicted octanol–water partition coefficient (Wildman–Crippen LogP) is 3.33. The van der Waals surface area contributed by atoms with E-state index in [4.69, 9.17) is 14.2 Å². The summed E-state index contributed by atoms with van der Waals surface area (Å²) in [5, 5.41) is 0. The van der Waals surface area contributed by atoms with E-state index in [9.17, 15) is 18.2 Å². The molecule has 174 valence electrons. The fraction of sp³-hybridized carbons (Fsp3) is 0.625. The van der Waals surface area contributed by atoms with Crippen LogP contribution >= 0.6 is 0 Å². The molecule has 0 amide bonds. The van der Waals surface area contributed by atoms with Gasteiger partial charge in [-0.15, -0.1) is 0 Å². The summed E-state index contributed by atoms with van der Waals surface area (Å²) in [6, 6.07) is 9.01. The Balaban J connectivity index is 1.85. The summed E-state index contributed by atoms with van der Waals surface area (Å²) in [6.45, 7) is 0. The number of hydrogen-bond donors (Lipinski definition) is 0. The van der Waals surface area contributed by atoms with E-state index in [0.29, 0.717) is 30.1 Å². The molecule has 1 aromatic carbocycles. The van der Waals surface area contributed by atoms with Gasteiger partial charge in [-0.05, 0) is 0 Å². The van der Waals surface area contributed by atoms with E-state index in [-0.39, 0.29) is 30.5 Å². The van der Waals surface area contributed by atoms with Gasteiger partial charge in [-0.1, -0.05) is 0 Å². The van der Waals surface area contributed by atoms with Crippen molar-refractivity contribution in [1.82, 2.24) is 0 Å². The second kappa shape index (κ2) is 9.06. The molecule has 2 bridgehead atoms. The first-order valence-electron chi connectivity index (χ1n) is 11.2. The fourth-order valence-electron chi connectivity index (χ4n) is 6.27. The van der Waals surface area contributed by atoms with Gasteiger partial charge in [0.15, 0.2) is 0 Å². The molecule has 0 heterocycles. The average Bonchev–Trinajstić information content (AvgIpc) is 3.02. The number of methoxy groups -OCH3 is 2. The Hall–Kier alpha value is -2.05. The van der Waals surface area contributed by atoms with Gasteiger partial charge in [0, 0.05) is 0 Å². The summed E-state index contributed by atoms with van der Waals surface area (Å²) in [5.41, 5.74) is -0.655. The zero-order valence-corrected chi connectivity index (χ0v) is 20.3. The molecule has 0 radical (unpaired) electrons. The number of ketones is 1. The number of carbonyl (C=O) groups is 3. The molecule has 1 unspecified atom stereocenters. The third-order valence-corrected chi connectivity index (χ3v) is 11.7. The number of carbonyl (C=O) groups excluding carboxylic acids is 3. The number of rotatable bonds is 4. The molecule has 6 atom stereocenters. The summed E-state index contributed by atoms with van der Waals surface area (Å²) in [5.74, 6) is -1.12. The van der Waals surface area contributed by atoms with Crippen molar-refractivity contribution in [2.24, 2.45) is 17.3 Å². The van der Waals surface area contributed by atoms with Gasteiger partial charge in [0.05, 0.1) is 0 Å².